The lowest BCUT2D eigenvalue weighted by molar-refractivity contribution is -0.122. The molecule has 0 aromatic heterocycles. The highest BCUT2D eigenvalue weighted by atomic mass is 16.6. The van der Waals surface area contributed by atoms with E-state index in [1.165, 1.54) is 0 Å². The zero-order chi connectivity index (χ0) is 17.9. The lowest BCUT2D eigenvalue weighted by Gasteiger charge is -2.22. The summed E-state index contributed by atoms with van der Waals surface area (Å²) in [6.45, 7) is 2.26. The Morgan fingerprint density at radius 2 is 1.84 bits per heavy atom. The van der Waals surface area contributed by atoms with Crippen molar-refractivity contribution >= 4 is 12.0 Å². The van der Waals surface area contributed by atoms with Crippen LogP contribution < -0.4 is 11.1 Å². The molecule has 2 amide bonds. The SMILES string of the molecule is NC1CCCCN(C(=O)OCc2ccccc2)CCCCCNC1=O. The molecule has 25 heavy (non-hydrogen) atoms. The Kier molecular flexibility index (Phi) is 8.25. The summed E-state index contributed by atoms with van der Waals surface area (Å²) in [4.78, 5) is 26.0. The smallest absolute Gasteiger partial charge is 0.410 e. The molecule has 1 atom stereocenters. The minimum atomic E-state index is -0.459. The second-order valence-corrected chi connectivity index (χ2v) is 6.48. The first kappa shape index (κ1) is 19.2. The molecule has 1 heterocycles. The van der Waals surface area contributed by atoms with Crippen molar-refractivity contribution in [2.45, 2.75) is 51.2 Å². The number of amides is 2. The number of nitrogens with two attached hydrogens (primary N) is 1. The van der Waals surface area contributed by atoms with Crippen molar-refractivity contribution in [2.75, 3.05) is 19.6 Å². The van der Waals surface area contributed by atoms with Gasteiger partial charge in [-0.2, -0.15) is 0 Å². The Labute approximate surface area is 149 Å². The normalized spacial score (nSPS) is 20.6. The highest BCUT2D eigenvalue weighted by Gasteiger charge is 2.17. The van der Waals surface area contributed by atoms with Crippen molar-refractivity contribution in [1.29, 1.82) is 0 Å². The summed E-state index contributed by atoms with van der Waals surface area (Å²) < 4.78 is 5.45. The van der Waals surface area contributed by atoms with Crippen LogP contribution in [0.3, 0.4) is 0 Å². The molecule has 2 rings (SSSR count). The molecular weight excluding hydrogens is 318 g/mol. The summed E-state index contributed by atoms with van der Waals surface area (Å²) in [7, 11) is 0. The van der Waals surface area contributed by atoms with E-state index in [9.17, 15) is 9.59 Å². The van der Waals surface area contributed by atoms with Crippen molar-refractivity contribution in [3.63, 3.8) is 0 Å². The summed E-state index contributed by atoms with van der Waals surface area (Å²) in [5.74, 6) is -0.0710. The van der Waals surface area contributed by atoms with Crippen molar-refractivity contribution < 1.29 is 14.3 Å². The van der Waals surface area contributed by atoms with E-state index in [4.69, 9.17) is 10.5 Å². The van der Waals surface area contributed by atoms with Crippen LogP contribution in [0, 0.1) is 0 Å². The molecular formula is C19H29N3O3. The van der Waals surface area contributed by atoms with Gasteiger partial charge in [-0.3, -0.25) is 4.79 Å². The first-order valence-corrected chi connectivity index (χ1v) is 9.16. The van der Waals surface area contributed by atoms with Gasteiger partial charge in [0.15, 0.2) is 0 Å². The highest BCUT2D eigenvalue weighted by Crippen LogP contribution is 2.09. The van der Waals surface area contributed by atoms with Crippen LogP contribution in [0.25, 0.3) is 0 Å². The maximum absolute atomic E-state index is 12.4. The molecule has 6 heteroatoms. The average Bonchev–Trinajstić information content (AvgIpc) is 2.65. The van der Waals surface area contributed by atoms with Crippen LogP contribution >= 0.6 is 0 Å². The number of hydrogen-bond acceptors (Lipinski definition) is 4. The van der Waals surface area contributed by atoms with E-state index in [2.05, 4.69) is 5.32 Å². The van der Waals surface area contributed by atoms with Crippen LogP contribution in [0.15, 0.2) is 30.3 Å². The molecule has 1 aliphatic heterocycles. The number of hydrogen-bond donors (Lipinski definition) is 2. The second kappa shape index (κ2) is 10.7. The van der Waals surface area contributed by atoms with Gasteiger partial charge in [-0.25, -0.2) is 4.79 Å². The highest BCUT2D eigenvalue weighted by molar-refractivity contribution is 5.81. The van der Waals surface area contributed by atoms with Gasteiger partial charge in [0, 0.05) is 19.6 Å². The molecule has 1 saturated heterocycles. The van der Waals surface area contributed by atoms with Crippen LogP contribution in [-0.4, -0.2) is 42.6 Å². The maximum atomic E-state index is 12.4. The number of benzene rings is 1. The Balaban J connectivity index is 1.84. The van der Waals surface area contributed by atoms with Gasteiger partial charge < -0.3 is 20.7 Å². The molecule has 0 bridgehead atoms. The van der Waals surface area contributed by atoms with Crippen molar-refractivity contribution in [3.8, 4) is 0 Å². The summed E-state index contributed by atoms with van der Waals surface area (Å²) in [6, 6.07) is 9.23. The molecule has 0 radical (unpaired) electrons. The third kappa shape index (κ3) is 7.13. The number of nitrogens with zero attached hydrogens (tertiary/aromatic N) is 1. The minimum Gasteiger partial charge on any atom is -0.445 e. The first-order chi connectivity index (χ1) is 12.2. The van der Waals surface area contributed by atoms with Gasteiger partial charge in [-0.1, -0.05) is 30.3 Å². The third-order valence-electron chi connectivity index (χ3n) is 4.40. The summed E-state index contributed by atoms with van der Waals surface area (Å²) >= 11 is 0. The average molecular weight is 347 g/mol. The zero-order valence-electron chi connectivity index (χ0n) is 14.8. The maximum Gasteiger partial charge on any atom is 0.410 e. The molecule has 1 aliphatic rings. The van der Waals surface area contributed by atoms with Gasteiger partial charge in [0.25, 0.3) is 0 Å². The molecule has 3 N–H and O–H groups in total. The first-order valence-electron chi connectivity index (χ1n) is 9.16. The standard InChI is InChI=1S/C19H29N3O3/c20-17-11-5-8-14-22(13-7-2-6-12-21-18(17)23)19(24)25-15-16-9-3-1-4-10-16/h1,3-4,9-10,17H,2,5-8,11-15,20H2,(H,21,23). The number of rotatable bonds is 2. The largest absolute Gasteiger partial charge is 0.445 e. The quantitative estimate of drug-likeness (QED) is 0.860. The molecule has 1 aromatic carbocycles. The Hall–Kier alpha value is -2.08. The van der Waals surface area contributed by atoms with E-state index in [-0.39, 0.29) is 12.0 Å². The zero-order valence-corrected chi connectivity index (χ0v) is 14.8. The monoisotopic (exact) mass is 347 g/mol. The molecule has 1 fully saturated rings. The van der Waals surface area contributed by atoms with Crippen LogP contribution in [0.5, 0.6) is 0 Å². The van der Waals surface area contributed by atoms with Crippen molar-refractivity contribution in [1.82, 2.24) is 10.2 Å². The van der Waals surface area contributed by atoms with Crippen LogP contribution in [0.1, 0.15) is 44.1 Å². The van der Waals surface area contributed by atoms with E-state index < -0.39 is 6.04 Å². The molecule has 1 aromatic rings. The van der Waals surface area contributed by atoms with Gasteiger partial charge in [-0.15, -0.1) is 0 Å². The van der Waals surface area contributed by atoms with E-state index in [0.717, 1.165) is 37.7 Å². The van der Waals surface area contributed by atoms with E-state index in [1.54, 1.807) is 4.90 Å². The predicted molar refractivity (Wildman–Crippen MR) is 96.9 cm³/mol. The Morgan fingerprint density at radius 1 is 1.12 bits per heavy atom. The van der Waals surface area contributed by atoms with E-state index >= 15 is 0 Å². The molecule has 0 saturated carbocycles. The number of carbonyl (C=O) groups excluding carboxylic acids is 2. The lowest BCUT2D eigenvalue weighted by atomic mass is 10.1. The second-order valence-electron chi connectivity index (χ2n) is 6.48. The number of ether oxygens (including phenoxy) is 1. The van der Waals surface area contributed by atoms with Crippen LogP contribution in [0.2, 0.25) is 0 Å². The van der Waals surface area contributed by atoms with Gasteiger partial charge in [-0.05, 0) is 44.1 Å². The summed E-state index contributed by atoms with van der Waals surface area (Å²) in [6.07, 6.45) is 4.76. The van der Waals surface area contributed by atoms with E-state index in [1.807, 2.05) is 30.3 Å². The Morgan fingerprint density at radius 3 is 2.60 bits per heavy atom. The minimum absolute atomic E-state index is 0.0710. The third-order valence-corrected chi connectivity index (χ3v) is 4.40. The fourth-order valence-electron chi connectivity index (χ4n) is 2.85. The van der Waals surface area contributed by atoms with E-state index in [0.29, 0.717) is 32.7 Å². The van der Waals surface area contributed by atoms with Gasteiger partial charge in [0.05, 0.1) is 6.04 Å². The van der Waals surface area contributed by atoms with Gasteiger partial charge in [0.1, 0.15) is 6.61 Å². The molecule has 1 unspecified atom stereocenters. The fraction of sp³-hybridized carbons (Fsp3) is 0.579. The van der Waals surface area contributed by atoms with Gasteiger partial charge >= 0.3 is 6.09 Å². The predicted octanol–water partition coefficient (Wildman–Crippen LogP) is 2.42. The molecule has 138 valence electrons. The summed E-state index contributed by atoms with van der Waals surface area (Å²) in [5.41, 5.74) is 6.87. The molecule has 0 aliphatic carbocycles. The Bertz CT molecular complexity index is 536. The van der Waals surface area contributed by atoms with Crippen molar-refractivity contribution in [3.05, 3.63) is 35.9 Å². The van der Waals surface area contributed by atoms with Gasteiger partial charge in [0.2, 0.25) is 5.91 Å². The van der Waals surface area contributed by atoms with Crippen LogP contribution in [0.4, 0.5) is 4.79 Å². The topological polar surface area (TPSA) is 84.7 Å². The van der Waals surface area contributed by atoms with Crippen molar-refractivity contribution in [2.24, 2.45) is 5.73 Å². The molecule has 6 nitrogen and oxygen atoms in total. The number of carbonyl (C=O) groups is 2. The lowest BCUT2D eigenvalue weighted by Crippen LogP contribution is -2.40. The molecule has 0 spiro atoms. The van der Waals surface area contributed by atoms with Crippen LogP contribution in [-0.2, 0) is 16.1 Å². The number of nitrogens with one attached hydrogen (secondary N) is 1. The fourth-order valence-corrected chi connectivity index (χ4v) is 2.85. The summed E-state index contributed by atoms with van der Waals surface area (Å²) in [5, 5.41) is 2.87.